The molecular weight excluding hydrogens is 380 g/mol. The Bertz CT molecular complexity index is 905. The summed E-state index contributed by atoms with van der Waals surface area (Å²) >= 11 is 3.38. The van der Waals surface area contributed by atoms with Gasteiger partial charge in [-0.15, -0.1) is 11.3 Å². The van der Waals surface area contributed by atoms with Gasteiger partial charge in [-0.3, -0.25) is 9.59 Å². The maximum absolute atomic E-state index is 12.2. The van der Waals surface area contributed by atoms with Crippen LogP contribution < -0.4 is 5.32 Å². The minimum Gasteiger partial charge on any atom is -0.469 e. The zero-order chi connectivity index (χ0) is 19.2. The molecule has 7 heteroatoms. The van der Waals surface area contributed by atoms with Gasteiger partial charge in [-0.2, -0.15) is 0 Å². The van der Waals surface area contributed by atoms with Crippen LogP contribution in [0.5, 0.6) is 0 Å². The summed E-state index contributed by atoms with van der Waals surface area (Å²) in [6, 6.07) is 15.3. The molecule has 27 heavy (non-hydrogen) atoms. The van der Waals surface area contributed by atoms with Crippen LogP contribution in [0.4, 0.5) is 0 Å². The van der Waals surface area contributed by atoms with E-state index in [9.17, 15) is 9.59 Å². The Morgan fingerprint density at radius 1 is 1.19 bits per heavy atom. The Morgan fingerprint density at radius 2 is 1.93 bits per heavy atom. The van der Waals surface area contributed by atoms with Crippen LogP contribution in [0.15, 0.2) is 52.9 Å². The second-order valence-corrected chi connectivity index (χ2v) is 8.34. The maximum Gasteiger partial charge on any atom is 0.307 e. The van der Waals surface area contributed by atoms with Crippen molar-refractivity contribution in [3.63, 3.8) is 0 Å². The molecule has 1 heterocycles. The van der Waals surface area contributed by atoms with E-state index in [-0.39, 0.29) is 24.3 Å². The standard InChI is InChI=1S/C20H20N2O3S2/c1-13(11-18(23)25-2)21-19(24)15-9-7-14(8-10-15)12-26-20-22-16-5-3-4-6-17(16)27-20/h3-10,13H,11-12H2,1-2H3,(H,21,24). The van der Waals surface area contributed by atoms with Crippen LogP contribution in [0.2, 0.25) is 0 Å². The third-order valence-electron chi connectivity index (χ3n) is 3.93. The molecule has 1 N–H and O–H groups in total. The number of amides is 1. The molecule has 0 saturated carbocycles. The zero-order valence-corrected chi connectivity index (χ0v) is 16.7. The lowest BCUT2D eigenvalue weighted by molar-refractivity contribution is -0.141. The average molecular weight is 401 g/mol. The van der Waals surface area contributed by atoms with Gasteiger partial charge in [0.25, 0.3) is 5.91 Å². The number of fused-ring (bicyclic) bond motifs is 1. The van der Waals surface area contributed by atoms with Crippen molar-refractivity contribution in [2.24, 2.45) is 0 Å². The van der Waals surface area contributed by atoms with E-state index in [0.29, 0.717) is 5.56 Å². The lowest BCUT2D eigenvalue weighted by Crippen LogP contribution is -2.34. The number of thiazole rings is 1. The smallest absolute Gasteiger partial charge is 0.307 e. The summed E-state index contributed by atoms with van der Waals surface area (Å²) in [6.45, 7) is 1.78. The number of carbonyl (C=O) groups is 2. The van der Waals surface area contributed by atoms with E-state index >= 15 is 0 Å². The Balaban J connectivity index is 1.55. The highest BCUT2D eigenvalue weighted by atomic mass is 32.2. The van der Waals surface area contributed by atoms with Crippen LogP contribution >= 0.6 is 23.1 Å². The summed E-state index contributed by atoms with van der Waals surface area (Å²) in [4.78, 5) is 28.1. The average Bonchev–Trinajstić information content (AvgIpc) is 3.09. The van der Waals surface area contributed by atoms with Gasteiger partial charge in [-0.25, -0.2) is 4.98 Å². The van der Waals surface area contributed by atoms with Crippen LogP contribution in [-0.2, 0) is 15.3 Å². The molecule has 0 fully saturated rings. The highest BCUT2D eigenvalue weighted by Gasteiger charge is 2.13. The first kappa shape index (κ1) is 19.4. The minimum absolute atomic E-state index is 0.152. The molecule has 140 valence electrons. The number of hydrogen-bond donors (Lipinski definition) is 1. The largest absolute Gasteiger partial charge is 0.469 e. The third kappa shape index (κ3) is 5.30. The van der Waals surface area contributed by atoms with Crippen molar-refractivity contribution in [3.05, 3.63) is 59.7 Å². The monoisotopic (exact) mass is 400 g/mol. The first-order chi connectivity index (χ1) is 13.0. The molecule has 0 spiro atoms. The fourth-order valence-electron chi connectivity index (χ4n) is 2.50. The van der Waals surface area contributed by atoms with Crippen molar-refractivity contribution in [1.82, 2.24) is 10.3 Å². The first-order valence-corrected chi connectivity index (χ1v) is 10.3. The molecule has 1 atom stereocenters. The molecule has 0 saturated heterocycles. The van der Waals surface area contributed by atoms with Gasteiger partial charge in [0.2, 0.25) is 0 Å². The number of rotatable bonds is 7. The summed E-state index contributed by atoms with van der Waals surface area (Å²) in [6.07, 6.45) is 0.152. The predicted molar refractivity (Wildman–Crippen MR) is 109 cm³/mol. The number of hydrogen-bond acceptors (Lipinski definition) is 6. The summed E-state index contributed by atoms with van der Waals surface area (Å²) < 4.78 is 6.83. The fourth-order valence-corrected chi connectivity index (χ4v) is 4.53. The Labute approximate surface area is 166 Å². The van der Waals surface area contributed by atoms with E-state index in [1.807, 2.05) is 30.3 Å². The normalized spacial score (nSPS) is 11.9. The second kappa shape index (κ2) is 9.01. The number of esters is 1. The number of benzene rings is 2. The molecule has 0 aliphatic rings. The van der Waals surface area contributed by atoms with E-state index in [0.717, 1.165) is 21.2 Å². The predicted octanol–water partition coefficient (Wildman–Crippen LogP) is 4.27. The molecule has 0 bridgehead atoms. The van der Waals surface area contributed by atoms with Gasteiger partial charge in [0, 0.05) is 17.4 Å². The van der Waals surface area contributed by atoms with Crippen molar-refractivity contribution in [2.75, 3.05) is 7.11 Å². The number of methoxy groups -OCH3 is 1. The van der Waals surface area contributed by atoms with Crippen molar-refractivity contribution >= 4 is 45.2 Å². The summed E-state index contributed by atoms with van der Waals surface area (Å²) in [5.41, 5.74) is 2.72. The van der Waals surface area contributed by atoms with Gasteiger partial charge in [0.05, 0.1) is 23.7 Å². The Morgan fingerprint density at radius 3 is 2.63 bits per heavy atom. The number of ether oxygens (including phenoxy) is 1. The SMILES string of the molecule is COC(=O)CC(C)NC(=O)c1ccc(CSc2nc3ccccc3s2)cc1. The lowest BCUT2D eigenvalue weighted by Gasteiger charge is -2.12. The van der Waals surface area contributed by atoms with E-state index < -0.39 is 0 Å². The summed E-state index contributed by atoms with van der Waals surface area (Å²) in [7, 11) is 1.34. The molecule has 0 aliphatic carbocycles. The molecule has 3 rings (SSSR count). The summed E-state index contributed by atoms with van der Waals surface area (Å²) in [5, 5.41) is 2.80. The number of carbonyl (C=O) groups excluding carboxylic acids is 2. The molecule has 0 aliphatic heterocycles. The van der Waals surface area contributed by atoms with Crippen LogP contribution in [0.1, 0.15) is 29.3 Å². The lowest BCUT2D eigenvalue weighted by atomic mass is 10.1. The second-order valence-electron chi connectivity index (χ2n) is 6.09. The number of para-hydroxylation sites is 1. The number of thioether (sulfide) groups is 1. The number of aromatic nitrogens is 1. The van der Waals surface area contributed by atoms with Gasteiger partial charge in [0.15, 0.2) is 4.34 Å². The minimum atomic E-state index is -0.343. The molecule has 3 aromatic rings. The molecule has 2 aromatic carbocycles. The Hall–Kier alpha value is -2.38. The highest BCUT2D eigenvalue weighted by Crippen LogP contribution is 2.31. The number of nitrogens with one attached hydrogen (secondary N) is 1. The van der Waals surface area contributed by atoms with Crippen molar-refractivity contribution < 1.29 is 14.3 Å². The van der Waals surface area contributed by atoms with Gasteiger partial charge < -0.3 is 10.1 Å². The molecular formula is C20H20N2O3S2. The quantitative estimate of drug-likeness (QED) is 0.474. The van der Waals surface area contributed by atoms with Gasteiger partial charge in [0.1, 0.15) is 0 Å². The van der Waals surface area contributed by atoms with Crippen LogP contribution in [-0.4, -0.2) is 30.0 Å². The molecule has 1 unspecified atom stereocenters. The topological polar surface area (TPSA) is 68.3 Å². The van der Waals surface area contributed by atoms with E-state index in [4.69, 9.17) is 0 Å². The van der Waals surface area contributed by atoms with E-state index in [1.165, 1.54) is 11.8 Å². The molecule has 0 radical (unpaired) electrons. The number of nitrogens with zero attached hydrogens (tertiary/aromatic N) is 1. The van der Waals surface area contributed by atoms with E-state index in [2.05, 4.69) is 21.1 Å². The first-order valence-electron chi connectivity index (χ1n) is 8.50. The fraction of sp³-hybridized carbons (Fsp3) is 0.250. The van der Waals surface area contributed by atoms with Gasteiger partial charge in [-0.1, -0.05) is 36.0 Å². The van der Waals surface area contributed by atoms with Crippen molar-refractivity contribution in [1.29, 1.82) is 0 Å². The van der Waals surface area contributed by atoms with Crippen LogP contribution in [0, 0.1) is 0 Å². The maximum atomic E-state index is 12.2. The zero-order valence-electron chi connectivity index (χ0n) is 15.1. The molecule has 5 nitrogen and oxygen atoms in total. The third-order valence-corrected chi connectivity index (χ3v) is 6.18. The molecule has 1 aromatic heterocycles. The van der Waals surface area contributed by atoms with Gasteiger partial charge in [-0.05, 0) is 36.8 Å². The van der Waals surface area contributed by atoms with Crippen LogP contribution in [0.3, 0.4) is 0 Å². The van der Waals surface area contributed by atoms with Crippen LogP contribution in [0.25, 0.3) is 10.2 Å². The van der Waals surface area contributed by atoms with Gasteiger partial charge >= 0.3 is 5.97 Å². The van der Waals surface area contributed by atoms with Crippen molar-refractivity contribution in [3.8, 4) is 0 Å². The molecule has 1 amide bonds. The summed E-state index contributed by atoms with van der Waals surface area (Å²) in [5.74, 6) is 0.252. The highest BCUT2D eigenvalue weighted by molar-refractivity contribution is 8.00. The van der Waals surface area contributed by atoms with E-state index in [1.54, 1.807) is 42.2 Å². The Kier molecular flexibility index (Phi) is 6.47. The van der Waals surface area contributed by atoms with Crippen molar-refractivity contribution in [2.45, 2.75) is 29.5 Å².